The predicted molar refractivity (Wildman–Crippen MR) is 187 cm³/mol. The van der Waals surface area contributed by atoms with Crippen LogP contribution >= 0.6 is 0 Å². The van der Waals surface area contributed by atoms with E-state index in [-0.39, 0.29) is 5.56 Å². The Labute approximate surface area is 265 Å². The highest BCUT2D eigenvalue weighted by molar-refractivity contribution is 6.90. The number of hydrogen-bond acceptors (Lipinski definition) is 7. The first-order chi connectivity index (χ1) is 20.8. The van der Waals surface area contributed by atoms with Crippen LogP contribution in [0.15, 0.2) is 35.3 Å². The summed E-state index contributed by atoms with van der Waals surface area (Å²) in [6, 6.07) is 7.84. The smallest absolute Gasteiger partial charge is 0.253 e. The van der Waals surface area contributed by atoms with Gasteiger partial charge >= 0.3 is 0 Å². The summed E-state index contributed by atoms with van der Waals surface area (Å²) in [6.45, 7) is 22.8. The molecule has 0 unspecified atom stereocenters. The van der Waals surface area contributed by atoms with Crippen LogP contribution < -0.4 is 20.5 Å². The lowest BCUT2D eigenvalue weighted by molar-refractivity contribution is 0.285. The zero-order valence-corrected chi connectivity index (χ0v) is 29.5. The van der Waals surface area contributed by atoms with Gasteiger partial charge in [0.1, 0.15) is 19.5 Å². The van der Waals surface area contributed by atoms with Crippen molar-refractivity contribution in [3.63, 3.8) is 0 Å². The van der Waals surface area contributed by atoms with E-state index >= 15 is 0 Å². The quantitative estimate of drug-likeness (QED) is 0.198. The standard InChI is InChI=1S/C35H52N6O2Si/c1-24(2)13-19-43-32-22-29(11-12-31(32)41-17-15-39(9)16-18-41)37-35-36-23-30-28(21-33(42)40(10)34(30)38-35)14-20-44(25(3)4,26(5)6)27(7)8/h11-12,21-27H,13,15-19H2,1-10H3,(H,36,37,38). The molecule has 0 spiro atoms. The molecule has 0 atom stereocenters. The fraction of sp³-hybridized carbons (Fsp3) is 0.571. The number of pyridine rings is 1. The molecule has 1 N–H and O–H groups in total. The zero-order valence-electron chi connectivity index (χ0n) is 28.5. The Kier molecular flexibility index (Phi) is 10.8. The minimum atomic E-state index is -1.97. The van der Waals surface area contributed by atoms with Crippen molar-refractivity contribution >= 4 is 36.4 Å². The van der Waals surface area contributed by atoms with Crippen LogP contribution in [0.25, 0.3) is 11.0 Å². The summed E-state index contributed by atoms with van der Waals surface area (Å²) in [4.78, 5) is 27.3. The summed E-state index contributed by atoms with van der Waals surface area (Å²) in [5.74, 6) is 5.31. The number of hydrogen-bond donors (Lipinski definition) is 1. The highest BCUT2D eigenvalue weighted by atomic mass is 28.3. The summed E-state index contributed by atoms with van der Waals surface area (Å²) in [7, 11) is 1.94. The lowest BCUT2D eigenvalue weighted by Gasteiger charge is -2.38. The minimum absolute atomic E-state index is 0.130. The number of nitrogens with one attached hydrogen (secondary N) is 1. The fourth-order valence-corrected chi connectivity index (χ4v) is 11.8. The van der Waals surface area contributed by atoms with Crippen LogP contribution in [-0.2, 0) is 7.05 Å². The molecule has 3 heterocycles. The van der Waals surface area contributed by atoms with Crippen molar-refractivity contribution in [1.82, 2.24) is 19.4 Å². The van der Waals surface area contributed by atoms with Gasteiger partial charge in [-0.05, 0) is 48.1 Å². The fourth-order valence-electron chi connectivity index (χ4n) is 6.54. The van der Waals surface area contributed by atoms with Crippen LogP contribution in [-0.4, -0.2) is 67.3 Å². The van der Waals surface area contributed by atoms with Crippen LogP contribution in [0.1, 0.15) is 67.4 Å². The van der Waals surface area contributed by atoms with Gasteiger partial charge in [0.15, 0.2) is 0 Å². The maximum atomic E-state index is 13.1. The molecule has 44 heavy (non-hydrogen) atoms. The lowest BCUT2D eigenvalue weighted by Crippen LogP contribution is -2.44. The number of rotatable bonds is 10. The molecule has 4 rings (SSSR count). The molecule has 3 aromatic rings. The first-order valence-electron chi connectivity index (χ1n) is 16.2. The van der Waals surface area contributed by atoms with Gasteiger partial charge in [-0.2, -0.15) is 4.98 Å². The van der Waals surface area contributed by atoms with E-state index in [1.165, 1.54) is 0 Å². The van der Waals surface area contributed by atoms with Crippen molar-refractivity contribution in [3.8, 4) is 17.2 Å². The van der Waals surface area contributed by atoms with Crippen molar-refractivity contribution in [2.24, 2.45) is 13.0 Å². The van der Waals surface area contributed by atoms with Gasteiger partial charge in [-0.1, -0.05) is 61.3 Å². The number of aromatic nitrogens is 3. The number of likely N-dealkylation sites (N-methyl/N-ethyl adjacent to an activating group) is 1. The molecule has 0 radical (unpaired) electrons. The van der Waals surface area contributed by atoms with Crippen molar-refractivity contribution in [3.05, 3.63) is 46.4 Å². The molecule has 0 amide bonds. The van der Waals surface area contributed by atoms with Crippen molar-refractivity contribution in [1.29, 1.82) is 0 Å². The van der Waals surface area contributed by atoms with Gasteiger partial charge in [-0.3, -0.25) is 9.36 Å². The van der Waals surface area contributed by atoms with E-state index in [1.54, 1.807) is 23.9 Å². The monoisotopic (exact) mass is 616 g/mol. The Bertz CT molecular complexity index is 1540. The third-order valence-electron chi connectivity index (χ3n) is 9.27. The molecular formula is C35H52N6O2Si. The molecule has 238 valence electrons. The van der Waals surface area contributed by atoms with Crippen LogP contribution in [0.5, 0.6) is 5.75 Å². The average molecular weight is 617 g/mol. The SMILES string of the molecule is CC(C)CCOc1cc(Nc2ncc3c(C#C[Si](C(C)C)(C(C)C)C(C)C)cc(=O)n(C)c3n2)ccc1N1CCN(C)CC1. The van der Waals surface area contributed by atoms with Gasteiger partial charge in [0, 0.05) is 62.8 Å². The Hall–Kier alpha value is -3.35. The number of ether oxygens (including phenoxy) is 1. The summed E-state index contributed by atoms with van der Waals surface area (Å²) < 4.78 is 7.91. The highest BCUT2D eigenvalue weighted by Crippen LogP contribution is 2.41. The molecule has 1 aromatic carbocycles. The van der Waals surface area contributed by atoms with E-state index in [2.05, 4.69) is 100 Å². The molecule has 9 heteroatoms. The Balaban J connectivity index is 1.69. The summed E-state index contributed by atoms with van der Waals surface area (Å²) in [6.07, 6.45) is 2.78. The van der Waals surface area contributed by atoms with Gasteiger partial charge < -0.3 is 19.9 Å². The van der Waals surface area contributed by atoms with E-state index in [0.29, 0.717) is 46.3 Å². The van der Waals surface area contributed by atoms with Crippen LogP contribution in [0, 0.1) is 17.4 Å². The van der Waals surface area contributed by atoms with Crippen molar-refractivity contribution < 1.29 is 4.74 Å². The zero-order chi connectivity index (χ0) is 32.2. The molecule has 1 aliphatic rings. The largest absolute Gasteiger partial charge is 0.491 e. The van der Waals surface area contributed by atoms with E-state index in [9.17, 15) is 4.79 Å². The average Bonchev–Trinajstić information content (AvgIpc) is 2.96. The summed E-state index contributed by atoms with van der Waals surface area (Å²) in [5.41, 5.74) is 8.34. The maximum Gasteiger partial charge on any atom is 0.253 e. The van der Waals surface area contributed by atoms with E-state index in [0.717, 1.165) is 55.1 Å². The molecule has 0 saturated carbocycles. The van der Waals surface area contributed by atoms with Crippen molar-refractivity contribution in [2.75, 3.05) is 50.1 Å². The second kappa shape index (κ2) is 14.2. The number of fused-ring (bicyclic) bond motifs is 1. The van der Waals surface area contributed by atoms with Gasteiger partial charge in [-0.25, -0.2) is 4.98 Å². The normalized spacial score (nSPS) is 14.5. The topological polar surface area (TPSA) is 75.5 Å². The second-order valence-electron chi connectivity index (χ2n) is 13.7. The third-order valence-corrected chi connectivity index (χ3v) is 15.6. The number of benzene rings is 1. The number of anilines is 3. The maximum absolute atomic E-state index is 13.1. The molecule has 1 aliphatic heterocycles. The molecule has 2 aromatic heterocycles. The minimum Gasteiger partial charge on any atom is -0.491 e. The van der Waals surface area contributed by atoms with E-state index < -0.39 is 8.07 Å². The molecule has 1 fully saturated rings. The summed E-state index contributed by atoms with van der Waals surface area (Å²) in [5, 5.41) is 4.15. The first-order valence-corrected chi connectivity index (χ1v) is 18.4. The molecular weight excluding hydrogens is 565 g/mol. The Morgan fingerprint density at radius 3 is 2.23 bits per heavy atom. The highest BCUT2D eigenvalue weighted by Gasteiger charge is 2.41. The van der Waals surface area contributed by atoms with Crippen molar-refractivity contribution in [2.45, 2.75) is 78.4 Å². The predicted octanol–water partition coefficient (Wildman–Crippen LogP) is 6.82. The Morgan fingerprint density at radius 2 is 1.61 bits per heavy atom. The van der Waals surface area contributed by atoms with Gasteiger partial charge in [0.05, 0.1) is 17.7 Å². The van der Waals surface area contributed by atoms with E-state index in [1.807, 2.05) is 12.1 Å². The number of piperazine rings is 1. The van der Waals surface area contributed by atoms with Gasteiger partial charge in [0.2, 0.25) is 5.95 Å². The molecule has 0 bridgehead atoms. The summed E-state index contributed by atoms with van der Waals surface area (Å²) >= 11 is 0. The molecule has 0 aliphatic carbocycles. The third kappa shape index (κ3) is 7.30. The Morgan fingerprint density at radius 1 is 0.955 bits per heavy atom. The number of nitrogens with zero attached hydrogens (tertiary/aromatic N) is 5. The molecule has 8 nitrogen and oxygen atoms in total. The van der Waals surface area contributed by atoms with Crippen LogP contribution in [0.4, 0.5) is 17.3 Å². The van der Waals surface area contributed by atoms with Gasteiger partial charge in [-0.15, -0.1) is 5.54 Å². The second-order valence-corrected chi connectivity index (χ2v) is 19.2. The van der Waals surface area contributed by atoms with Crippen LogP contribution in [0.3, 0.4) is 0 Å². The van der Waals surface area contributed by atoms with Gasteiger partial charge in [0.25, 0.3) is 5.56 Å². The number of aryl methyl sites for hydroxylation is 1. The lowest BCUT2D eigenvalue weighted by atomic mass is 10.1. The van der Waals surface area contributed by atoms with E-state index in [4.69, 9.17) is 9.72 Å². The molecule has 1 saturated heterocycles. The van der Waals surface area contributed by atoms with Crippen LogP contribution in [0.2, 0.25) is 16.6 Å². The first kappa shape index (κ1) is 33.5.